The van der Waals surface area contributed by atoms with Crippen LogP contribution in [0, 0.1) is 29.1 Å². The van der Waals surface area contributed by atoms with Crippen molar-refractivity contribution in [2.45, 2.75) is 6.42 Å². The summed E-state index contributed by atoms with van der Waals surface area (Å²) < 4.78 is 65.6. The van der Waals surface area contributed by atoms with E-state index < -0.39 is 47.2 Å². The molecule has 0 aliphatic heterocycles. The van der Waals surface area contributed by atoms with Gasteiger partial charge in [-0.25, -0.2) is 26.9 Å². The van der Waals surface area contributed by atoms with Crippen molar-refractivity contribution < 1.29 is 31.9 Å². The topological polar surface area (TPSA) is 62.2 Å². The minimum absolute atomic E-state index is 0.0823. The van der Waals surface area contributed by atoms with Crippen LogP contribution in [-0.2, 0) is 11.2 Å². The Labute approximate surface area is 117 Å². The molecule has 0 radical (unpaired) electrons. The van der Waals surface area contributed by atoms with E-state index in [4.69, 9.17) is 5.11 Å². The van der Waals surface area contributed by atoms with Crippen molar-refractivity contribution in [2.75, 3.05) is 5.32 Å². The second-order valence-electron chi connectivity index (χ2n) is 3.78. The Balaban J connectivity index is 2.36. The van der Waals surface area contributed by atoms with Crippen molar-refractivity contribution in [1.29, 1.82) is 0 Å². The van der Waals surface area contributed by atoms with Crippen LogP contribution in [0.1, 0.15) is 5.69 Å². The Bertz CT molecular complexity index is 690. The number of benzene rings is 1. The molecule has 0 saturated carbocycles. The molecule has 10 heteroatoms. The first-order chi connectivity index (χ1) is 9.81. The van der Waals surface area contributed by atoms with Gasteiger partial charge in [-0.05, 0) is 0 Å². The Morgan fingerprint density at radius 3 is 2.14 bits per heavy atom. The summed E-state index contributed by atoms with van der Waals surface area (Å²) in [6.07, 6.45) is -0.435. The van der Waals surface area contributed by atoms with Gasteiger partial charge in [0.2, 0.25) is 5.82 Å². The van der Waals surface area contributed by atoms with Crippen molar-refractivity contribution in [3.63, 3.8) is 0 Å². The number of nitrogens with zero attached hydrogens (tertiary/aromatic N) is 1. The Morgan fingerprint density at radius 2 is 1.62 bits per heavy atom. The lowest BCUT2D eigenvalue weighted by atomic mass is 10.2. The number of carboxylic acid groups (broad SMARTS) is 1. The van der Waals surface area contributed by atoms with Gasteiger partial charge in [-0.15, -0.1) is 11.3 Å². The first-order valence-corrected chi connectivity index (χ1v) is 6.14. The first-order valence-electron chi connectivity index (χ1n) is 5.26. The molecule has 0 spiro atoms. The van der Waals surface area contributed by atoms with Crippen molar-refractivity contribution in [3.8, 4) is 0 Å². The van der Waals surface area contributed by atoms with Gasteiger partial charge in [0, 0.05) is 5.38 Å². The zero-order chi connectivity index (χ0) is 15.7. The van der Waals surface area contributed by atoms with Crippen LogP contribution in [0.2, 0.25) is 0 Å². The van der Waals surface area contributed by atoms with E-state index in [1.165, 1.54) is 5.38 Å². The summed E-state index contributed by atoms with van der Waals surface area (Å²) in [5.41, 5.74) is -1.17. The minimum Gasteiger partial charge on any atom is -0.481 e. The molecular formula is C11H5F5N2O2S. The van der Waals surface area contributed by atoms with Crippen LogP contribution in [0.15, 0.2) is 5.38 Å². The van der Waals surface area contributed by atoms with Crippen LogP contribution >= 0.6 is 11.3 Å². The fourth-order valence-electron chi connectivity index (χ4n) is 1.42. The van der Waals surface area contributed by atoms with Gasteiger partial charge in [0.1, 0.15) is 5.69 Å². The summed E-state index contributed by atoms with van der Waals surface area (Å²) >= 11 is 0.762. The molecule has 0 bridgehead atoms. The van der Waals surface area contributed by atoms with Crippen LogP contribution in [0.4, 0.5) is 32.8 Å². The number of aliphatic carboxylic acids is 1. The lowest BCUT2D eigenvalue weighted by molar-refractivity contribution is -0.136. The zero-order valence-electron chi connectivity index (χ0n) is 9.89. The number of rotatable bonds is 4. The lowest BCUT2D eigenvalue weighted by Gasteiger charge is -2.08. The molecule has 2 N–H and O–H groups in total. The van der Waals surface area contributed by atoms with Gasteiger partial charge < -0.3 is 10.4 Å². The van der Waals surface area contributed by atoms with E-state index in [0.717, 1.165) is 11.3 Å². The number of anilines is 2. The van der Waals surface area contributed by atoms with Crippen LogP contribution in [0.5, 0.6) is 0 Å². The van der Waals surface area contributed by atoms with Gasteiger partial charge in [-0.3, -0.25) is 4.79 Å². The predicted octanol–water partition coefficient (Wildman–Crippen LogP) is 3.21. The Hall–Kier alpha value is -2.23. The molecule has 0 saturated heterocycles. The number of hydrogen-bond acceptors (Lipinski definition) is 4. The third kappa shape index (κ3) is 2.94. The van der Waals surface area contributed by atoms with E-state index >= 15 is 0 Å². The van der Waals surface area contributed by atoms with Gasteiger partial charge in [0.25, 0.3) is 0 Å². The highest BCUT2D eigenvalue weighted by Gasteiger charge is 2.26. The van der Waals surface area contributed by atoms with E-state index in [1.54, 1.807) is 0 Å². The van der Waals surface area contributed by atoms with Crippen molar-refractivity contribution in [3.05, 3.63) is 40.2 Å². The predicted molar refractivity (Wildman–Crippen MR) is 63.0 cm³/mol. The van der Waals surface area contributed by atoms with E-state index in [1.807, 2.05) is 5.32 Å². The molecule has 2 rings (SSSR count). The van der Waals surface area contributed by atoms with E-state index in [-0.39, 0.29) is 10.8 Å². The van der Waals surface area contributed by atoms with Gasteiger partial charge in [-0.1, -0.05) is 0 Å². The number of nitrogens with one attached hydrogen (secondary N) is 1. The molecule has 0 aliphatic carbocycles. The lowest BCUT2D eigenvalue weighted by Crippen LogP contribution is -2.07. The minimum atomic E-state index is -2.26. The van der Waals surface area contributed by atoms with Crippen molar-refractivity contribution >= 4 is 28.1 Å². The number of carbonyl (C=O) groups is 1. The number of thiazole rings is 1. The number of hydrogen-bond donors (Lipinski definition) is 2. The number of halogens is 5. The average Bonchev–Trinajstić information content (AvgIpc) is 2.85. The van der Waals surface area contributed by atoms with Crippen LogP contribution < -0.4 is 5.32 Å². The summed E-state index contributed by atoms with van der Waals surface area (Å²) in [4.78, 5) is 14.1. The monoisotopic (exact) mass is 324 g/mol. The highest BCUT2D eigenvalue weighted by Crippen LogP contribution is 2.30. The summed E-state index contributed by atoms with van der Waals surface area (Å²) in [6, 6.07) is 0. The van der Waals surface area contributed by atoms with Gasteiger partial charge in [-0.2, -0.15) is 0 Å². The standard InChI is InChI=1S/C11H5F5N2O2S/c12-5-6(13)8(15)10(9(16)7(5)14)18-11-17-3(2-21-11)1-4(19)20/h2H,1H2,(H,17,18)(H,19,20). The molecule has 0 unspecified atom stereocenters. The van der Waals surface area contributed by atoms with E-state index in [0.29, 0.717) is 0 Å². The van der Waals surface area contributed by atoms with E-state index in [2.05, 4.69) is 4.98 Å². The van der Waals surface area contributed by atoms with E-state index in [9.17, 15) is 26.7 Å². The zero-order valence-corrected chi connectivity index (χ0v) is 10.7. The van der Waals surface area contributed by atoms with Gasteiger partial charge >= 0.3 is 5.97 Å². The largest absolute Gasteiger partial charge is 0.481 e. The maximum atomic E-state index is 13.4. The molecule has 1 aromatic carbocycles. The third-order valence-corrected chi connectivity index (χ3v) is 3.13. The molecule has 1 heterocycles. The molecule has 0 atom stereocenters. The fraction of sp³-hybridized carbons (Fsp3) is 0.0909. The number of aromatic nitrogens is 1. The Kier molecular flexibility index (Phi) is 4.07. The molecule has 21 heavy (non-hydrogen) atoms. The molecule has 0 fully saturated rings. The summed E-state index contributed by atoms with van der Waals surface area (Å²) in [5.74, 6) is -11.7. The van der Waals surface area contributed by atoms with Gasteiger partial charge in [0.05, 0.1) is 12.1 Å². The average molecular weight is 324 g/mol. The second-order valence-corrected chi connectivity index (χ2v) is 4.64. The molecular weight excluding hydrogens is 319 g/mol. The van der Waals surface area contributed by atoms with Crippen LogP contribution in [-0.4, -0.2) is 16.1 Å². The fourth-order valence-corrected chi connectivity index (χ4v) is 2.14. The third-order valence-electron chi connectivity index (χ3n) is 2.33. The highest BCUT2D eigenvalue weighted by atomic mass is 32.1. The first kappa shape index (κ1) is 15.2. The summed E-state index contributed by atoms with van der Waals surface area (Å²) in [5, 5.41) is 11.6. The maximum absolute atomic E-state index is 13.4. The van der Waals surface area contributed by atoms with Crippen molar-refractivity contribution in [1.82, 2.24) is 4.98 Å². The molecule has 112 valence electrons. The van der Waals surface area contributed by atoms with Gasteiger partial charge in [0.15, 0.2) is 28.4 Å². The molecule has 4 nitrogen and oxygen atoms in total. The maximum Gasteiger partial charge on any atom is 0.309 e. The smallest absolute Gasteiger partial charge is 0.309 e. The normalized spacial score (nSPS) is 10.7. The van der Waals surface area contributed by atoms with Crippen molar-refractivity contribution in [2.24, 2.45) is 0 Å². The molecule has 0 aliphatic rings. The number of carboxylic acids is 1. The molecule has 1 aromatic heterocycles. The summed E-state index contributed by atoms with van der Waals surface area (Å²) in [6.45, 7) is 0. The highest BCUT2D eigenvalue weighted by molar-refractivity contribution is 7.13. The Morgan fingerprint density at radius 1 is 1.10 bits per heavy atom. The SMILES string of the molecule is O=C(O)Cc1csc(Nc2c(F)c(F)c(F)c(F)c2F)n1. The molecule has 0 amide bonds. The quantitative estimate of drug-likeness (QED) is 0.515. The van der Waals surface area contributed by atoms with Crippen LogP contribution in [0.3, 0.4) is 0 Å². The molecule has 2 aromatic rings. The second kappa shape index (κ2) is 5.64. The summed E-state index contributed by atoms with van der Waals surface area (Å²) in [7, 11) is 0. The van der Waals surface area contributed by atoms with Crippen LogP contribution in [0.25, 0.3) is 0 Å².